The summed E-state index contributed by atoms with van der Waals surface area (Å²) in [5, 5.41) is 9.51. The summed E-state index contributed by atoms with van der Waals surface area (Å²) in [6.07, 6.45) is 6.73. The summed E-state index contributed by atoms with van der Waals surface area (Å²) in [6.45, 7) is 1.66. The van der Waals surface area contributed by atoms with Gasteiger partial charge in [0, 0.05) is 30.6 Å². The third-order valence-corrected chi connectivity index (χ3v) is 8.45. The molecule has 0 spiro atoms. The van der Waals surface area contributed by atoms with Gasteiger partial charge in [-0.3, -0.25) is 4.99 Å². The number of carboxylic acids is 1. The van der Waals surface area contributed by atoms with Crippen molar-refractivity contribution in [2.24, 2.45) is 15.9 Å². The van der Waals surface area contributed by atoms with E-state index in [1.165, 1.54) is 0 Å². The summed E-state index contributed by atoms with van der Waals surface area (Å²) >= 11 is 0. The SMILES string of the molecule is COc1ccc(CN[N+]23C=CN=CC2=C(C2CCCN(C(=O)OCc4ccccc4)C2)N=C3c2ccc(C(=O)O)cc2)c(OC)c1. The van der Waals surface area contributed by atoms with Crippen molar-refractivity contribution in [1.29, 1.82) is 0 Å². The molecule has 3 aromatic carbocycles. The lowest BCUT2D eigenvalue weighted by atomic mass is 9.94. The molecule has 6 rings (SSSR count). The van der Waals surface area contributed by atoms with Crippen LogP contribution < -0.4 is 14.9 Å². The molecule has 3 aliphatic rings. The van der Waals surface area contributed by atoms with Crippen molar-refractivity contribution >= 4 is 24.1 Å². The highest BCUT2D eigenvalue weighted by atomic mass is 16.6. The number of hydrogen-bond acceptors (Lipinski definition) is 8. The first-order chi connectivity index (χ1) is 22.4. The summed E-state index contributed by atoms with van der Waals surface area (Å²) < 4.78 is 16.8. The summed E-state index contributed by atoms with van der Waals surface area (Å²) in [5.74, 6) is 0.953. The lowest BCUT2D eigenvalue weighted by Crippen LogP contribution is -2.56. The van der Waals surface area contributed by atoms with E-state index < -0.39 is 5.97 Å². The molecule has 0 aromatic heterocycles. The molecule has 11 nitrogen and oxygen atoms in total. The molecule has 2 atom stereocenters. The number of carboxylic acid groups (broad SMARTS) is 1. The molecule has 1 amide bonds. The number of carbonyl (C=O) groups is 2. The maximum Gasteiger partial charge on any atom is 0.410 e. The van der Waals surface area contributed by atoms with Crippen molar-refractivity contribution in [3.8, 4) is 11.5 Å². The molecule has 3 aliphatic heterocycles. The largest absolute Gasteiger partial charge is 0.497 e. The molecule has 0 saturated carbocycles. The Bertz CT molecular complexity index is 1730. The van der Waals surface area contributed by atoms with E-state index in [0.717, 1.165) is 40.9 Å². The van der Waals surface area contributed by atoms with E-state index in [-0.39, 0.29) is 28.8 Å². The molecule has 1 fully saturated rings. The standard InChI is InChI=1S/C35H35N5O6/c1-44-29-15-14-27(31(19-29)45-2)20-37-40-18-16-36-21-30(40)32(38-33(40)25-10-12-26(13-11-25)34(41)42)28-9-6-17-39(22-28)35(43)46-23-24-7-4-3-5-8-24/h3-5,7-8,10-16,18-19,21,28,37H,6,9,17,20,22-23H2,1-2H3/p+1. The number of amidine groups is 1. The van der Waals surface area contributed by atoms with Crippen LogP contribution in [0, 0.1) is 5.92 Å². The zero-order valence-corrected chi connectivity index (χ0v) is 25.8. The molecule has 236 valence electrons. The summed E-state index contributed by atoms with van der Waals surface area (Å²) in [7, 11) is 3.23. The molecule has 2 unspecified atom stereocenters. The summed E-state index contributed by atoms with van der Waals surface area (Å²) in [6, 6.07) is 22.0. The van der Waals surface area contributed by atoms with Gasteiger partial charge in [-0.2, -0.15) is 4.99 Å². The first kappa shape index (κ1) is 30.8. The predicted octanol–water partition coefficient (Wildman–Crippen LogP) is 5.50. The fourth-order valence-electron chi connectivity index (χ4n) is 6.03. The average molecular weight is 623 g/mol. The molecule has 3 aromatic rings. The Hall–Kier alpha value is -5.26. The first-order valence-corrected chi connectivity index (χ1v) is 15.1. The van der Waals surface area contributed by atoms with E-state index in [0.29, 0.717) is 37.0 Å². The molecular formula is C35H36N5O6+. The molecule has 3 heterocycles. The topological polar surface area (TPSA) is 122 Å². The Morgan fingerprint density at radius 3 is 2.59 bits per heavy atom. The zero-order chi connectivity index (χ0) is 32.1. The minimum absolute atomic E-state index is 0.0510. The minimum atomic E-state index is -1.00. The lowest BCUT2D eigenvalue weighted by molar-refractivity contribution is -0.791. The molecule has 0 radical (unpaired) electrons. The number of aliphatic imine (C=N–C) groups is 2. The second kappa shape index (κ2) is 13.4. The van der Waals surface area contributed by atoms with E-state index in [1.54, 1.807) is 49.6 Å². The molecule has 0 aliphatic carbocycles. The van der Waals surface area contributed by atoms with Gasteiger partial charge in [-0.25, -0.2) is 9.59 Å². The van der Waals surface area contributed by atoms with Gasteiger partial charge in [-0.15, -0.1) is 10.0 Å². The number of hydrogen-bond donors (Lipinski definition) is 2. The molecule has 0 bridgehead atoms. The van der Waals surface area contributed by atoms with Gasteiger partial charge in [-0.1, -0.05) is 36.4 Å². The van der Waals surface area contributed by atoms with Crippen LogP contribution >= 0.6 is 0 Å². The van der Waals surface area contributed by atoms with E-state index >= 15 is 0 Å². The second-order valence-corrected chi connectivity index (χ2v) is 11.2. The van der Waals surface area contributed by atoms with Gasteiger partial charge < -0.3 is 24.2 Å². The monoisotopic (exact) mass is 622 g/mol. The normalized spacial score (nSPS) is 20.3. The van der Waals surface area contributed by atoms with Gasteiger partial charge in [0.1, 0.15) is 30.0 Å². The number of quaternary nitrogens is 1. The number of amides is 1. The first-order valence-electron chi connectivity index (χ1n) is 15.1. The maximum absolute atomic E-state index is 13.1. The number of nitrogens with one attached hydrogen (secondary N) is 1. The van der Waals surface area contributed by atoms with Crippen molar-refractivity contribution in [3.63, 3.8) is 0 Å². The van der Waals surface area contributed by atoms with Crippen molar-refractivity contribution in [2.45, 2.75) is 26.0 Å². The number of ether oxygens (including phenoxy) is 3. The Labute approximate surface area is 267 Å². The van der Waals surface area contributed by atoms with Gasteiger partial charge >= 0.3 is 12.1 Å². The van der Waals surface area contributed by atoms with Gasteiger partial charge in [0.15, 0.2) is 0 Å². The second-order valence-electron chi connectivity index (χ2n) is 11.2. The number of aromatic carboxylic acids is 1. The fraction of sp³-hybridized carbons (Fsp3) is 0.257. The van der Waals surface area contributed by atoms with Crippen LogP contribution in [0.4, 0.5) is 4.79 Å². The fourth-order valence-corrected chi connectivity index (χ4v) is 6.03. The highest BCUT2D eigenvalue weighted by Crippen LogP contribution is 2.39. The zero-order valence-electron chi connectivity index (χ0n) is 25.8. The quantitative estimate of drug-likeness (QED) is 0.287. The van der Waals surface area contributed by atoms with Crippen LogP contribution in [-0.2, 0) is 17.9 Å². The van der Waals surface area contributed by atoms with Gasteiger partial charge in [-0.05, 0) is 48.7 Å². The number of allylic oxidation sites excluding steroid dienone is 1. The Kier molecular flexibility index (Phi) is 8.95. The molecule has 2 N–H and O–H groups in total. The number of fused-ring (bicyclic) bond motifs is 1. The van der Waals surface area contributed by atoms with Crippen LogP contribution in [-0.4, -0.2) is 66.0 Å². The number of carbonyl (C=O) groups excluding carboxylic acids is 1. The average Bonchev–Trinajstić information content (AvgIpc) is 3.45. The predicted molar refractivity (Wildman–Crippen MR) is 172 cm³/mol. The Morgan fingerprint density at radius 1 is 1.04 bits per heavy atom. The van der Waals surface area contributed by atoms with Gasteiger partial charge in [0.2, 0.25) is 5.70 Å². The number of rotatable bonds is 10. The lowest BCUT2D eigenvalue weighted by Gasteiger charge is -2.34. The molecule has 11 heteroatoms. The highest BCUT2D eigenvalue weighted by Gasteiger charge is 2.49. The van der Waals surface area contributed by atoms with Gasteiger partial charge in [0.25, 0.3) is 5.84 Å². The molecule has 1 saturated heterocycles. The Morgan fingerprint density at radius 2 is 1.85 bits per heavy atom. The van der Waals surface area contributed by atoms with Crippen LogP contribution in [0.1, 0.15) is 39.9 Å². The van der Waals surface area contributed by atoms with E-state index in [9.17, 15) is 14.7 Å². The highest BCUT2D eigenvalue weighted by molar-refractivity contribution is 6.01. The van der Waals surface area contributed by atoms with Crippen LogP contribution in [0.3, 0.4) is 0 Å². The van der Waals surface area contributed by atoms with Crippen LogP contribution in [0.2, 0.25) is 0 Å². The summed E-state index contributed by atoms with van der Waals surface area (Å²) in [5.41, 5.74) is 8.11. The van der Waals surface area contributed by atoms with Crippen molar-refractivity contribution in [3.05, 3.63) is 119 Å². The van der Waals surface area contributed by atoms with E-state index in [4.69, 9.17) is 19.2 Å². The third kappa shape index (κ3) is 6.15. The number of benzene rings is 3. The third-order valence-electron chi connectivity index (χ3n) is 8.45. The maximum atomic E-state index is 13.1. The van der Waals surface area contributed by atoms with Crippen LogP contribution in [0.5, 0.6) is 11.5 Å². The van der Waals surface area contributed by atoms with Crippen molar-refractivity contribution in [2.75, 3.05) is 27.3 Å². The molecule has 46 heavy (non-hydrogen) atoms. The van der Waals surface area contributed by atoms with E-state index in [1.807, 2.05) is 60.9 Å². The minimum Gasteiger partial charge on any atom is -0.497 e. The Balaban J connectivity index is 1.33. The van der Waals surface area contributed by atoms with Crippen molar-refractivity contribution in [1.82, 2.24) is 10.3 Å². The van der Waals surface area contributed by atoms with Crippen molar-refractivity contribution < 1.29 is 33.5 Å². The smallest absolute Gasteiger partial charge is 0.410 e. The van der Waals surface area contributed by atoms with Crippen LogP contribution in [0.25, 0.3) is 0 Å². The van der Waals surface area contributed by atoms with Gasteiger partial charge in [0.05, 0.1) is 44.3 Å². The van der Waals surface area contributed by atoms with Crippen LogP contribution in [0.15, 0.2) is 107 Å². The molecular weight excluding hydrogens is 586 g/mol. The summed E-state index contributed by atoms with van der Waals surface area (Å²) in [4.78, 5) is 36.2. The number of nitrogens with zero attached hydrogens (tertiary/aromatic N) is 4. The number of methoxy groups -OCH3 is 2. The van der Waals surface area contributed by atoms with E-state index in [2.05, 4.69) is 10.4 Å². The number of likely N-dealkylation sites (tertiary alicyclic amines) is 1. The number of piperidine rings is 1.